The summed E-state index contributed by atoms with van der Waals surface area (Å²) in [5.41, 5.74) is 8.10. The van der Waals surface area contributed by atoms with Gasteiger partial charge >= 0.3 is 0 Å². The van der Waals surface area contributed by atoms with E-state index in [-0.39, 0.29) is 24.9 Å². The first-order chi connectivity index (χ1) is 27.3. The van der Waals surface area contributed by atoms with Crippen molar-refractivity contribution >= 4 is 78.2 Å². The van der Waals surface area contributed by atoms with Crippen molar-refractivity contribution in [1.29, 1.82) is 0 Å². The third-order valence-electron chi connectivity index (χ3n) is 10.2. The second-order valence-corrected chi connectivity index (χ2v) is 13.5. The van der Waals surface area contributed by atoms with Gasteiger partial charge in [0.25, 0.3) is 11.8 Å². The molecule has 0 saturated carbocycles. The molecule has 0 atom stereocenters. The molecule has 4 aromatic heterocycles. The summed E-state index contributed by atoms with van der Waals surface area (Å²) in [6, 6.07) is 34.1. The summed E-state index contributed by atoms with van der Waals surface area (Å²) >= 11 is 0. The number of benzene rings is 4. The number of carbonyl (C=O) groups is 2. The Balaban J connectivity index is 0.000000146. The molecule has 4 aromatic carbocycles. The molecule has 12 nitrogen and oxygen atoms in total. The van der Waals surface area contributed by atoms with E-state index in [1.54, 1.807) is 52.8 Å². The standard InChI is InChI=1S/2C22H17N3O3/c1-24(27)18-13-25(15-5-4-10-23-12-15)22(26)21(18)14-8-9-20-17(11-14)16-6-2-3-7-19(16)28-20;1-24(27)18-13-25(15-8-10-23-11-9-15)22(26)21(18)14-6-7-20-17(12-14)16-4-2-3-5-19(16)28-20/h2*2-12,27H,13H2,1H3. The molecule has 2 aliphatic rings. The van der Waals surface area contributed by atoms with Crippen molar-refractivity contribution in [1.82, 2.24) is 20.1 Å². The summed E-state index contributed by atoms with van der Waals surface area (Å²) in [6.07, 6.45) is 6.59. The molecule has 0 unspecified atom stereocenters. The topological polar surface area (TPSA) is 140 Å². The molecule has 8 aromatic rings. The Hall–Kier alpha value is -7.28. The van der Waals surface area contributed by atoms with Gasteiger partial charge in [-0.15, -0.1) is 0 Å². The molecule has 0 fully saturated rings. The van der Waals surface area contributed by atoms with Gasteiger partial charge in [-0.25, -0.2) is 0 Å². The predicted molar refractivity (Wildman–Crippen MR) is 214 cm³/mol. The van der Waals surface area contributed by atoms with Crippen molar-refractivity contribution in [2.24, 2.45) is 0 Å². The van der Waals surface area contributed by atoms with Crippen LogP contribution >= 0.6 is 0 Å². The SMILES string of the molecule is CN(O)C1=C(c2ccc3oc4ccccc4c3c2)C(=O)N(c2cccnc2)C1.CN(O)C1=C(c2ccc3oc4ccccc4c3c2)C(=O)N(c2ccncc2)C1. The molecule has 2 amide bonds. The van der Waals surface area contributed by atoms with E-state index in [0.717, 1.165) is 70.8 Å². The van der Waals surface area contributed by atoms with E-state index in [9.17, 15) is 20.0 Å². The maximum atomic E-state index is 13.2. The van der Waals surface area contributed by atoms with Crippen molar-refractivity contribution in [3.05, 3.63) is 157 Å². The van der Waals surface area contributed by atoms with Crippen LogP contribution in [0.3, 0.4) is 0 Å². The number of likely N-dealkylation sites (N-methyl/N-ethyl adjacent to an activating group) is 2. The molecule has 10 rings (SSSR count). The highest BCUT2D eigenvalue weighted by Crippen LogP contribution is 2.38. The highest BCUT2D eigenvalue weighted by atomic mass is 16.5. The average molecular weight is 743 g/mol. The van der Waals surface area contributed by atoms with Crippen LogP contribution < -0.4 is 9.80 Å². The molecule has 0 spiro atoms. The van der Waals surface area contributed by atoms with Crippen molar-refractivity contribution in [3.63, 3.8) is 0 Å². The van der Waals surface area contributed by atoms with Crippen LogP contribution in [0.5, 0.6) is 0 Å². The molecular weight excluding hydrogens is 709 g/mol. The maximum Gasteiger partial charge on any atom is 0.261 e. The lowest BCUT2D eigenvalue weighted by molar-refractivity contribution is -0.113. The van der Waals surface area contributed by atoms with Gasteiger partial charge < -0.3 is 18.6 Å². The zero-order chi connectivity index (χ0) is 38.5. The highest BCUT2D eigenvalue weighted by Gasteiger charge is 2.35. The van der Waals surface area contributed by atoms with Crippen LogP contribution in [0.15, 0.2) is 154 Å². The minimum Gasteiger partial charge on any atom is -0.456 e. The fourth-order valence-corrected chi connectivity index (χ4v) is 7.44. The number of rotatable bonds is 6. The lowest BCUT2D eigenvalue weighted by atomic mass is 10.0. The van der Waals surface area contributed by atoms with Gasteiger partial charge in [0.2, 0.25) is 0 Å². The monoisotopic (exact) mass is 742 g/mol. The van der Waals surface area contributed by atoms with Gasteiger partial charge in [0.15, 0.2) is 0 Å². The summed E-state index contributed by atoms with van der Waals surface area (Å²) in [7, 11) is 3.06. The Morgan fingerprint density at radius 1 is 0.536 bits per heavy atom. The minimum absolute atomic E-state index is 0.158. The zero-order valence-electron chi connectivity index (χ0n) is 30.3. The minimum atomic E-state index is -0.170. The number of hydrogen-bond acceptors (Lipinski definition) is 10. The van der Waals surface area contributed by atoms with Crippen molar-refractivity contribution in [2.75, 3.05) is 37.0 Å². The average Bonchev–Trinajstić information content (AvgIpc) is 3.98. The Kier molecular flexibility index (Phi) is 8.53. The summed E-state index contributed by atoms with van der Waals surface area (Å²) < 4.78 is 11.8. The maximum absolute atomic E-state index is 13.2. The van der Waals surface area contributed by atoms with Gasteiger partial charge in [-0.3, -0.25) is 40.1 Å². The Morgan fingerprint density at radius 3 is 1.50 bits per heavy atom. The zero-order valence-corrected chi connectivity index (χ0v) is 30.3. The summed E-state index contributed by atoms with van der Waals surface area (Å²) in [5, 5.41) is 26.3. The van der Waals surface area contributed by atoms with Crippen LogP contribution in [-0.2, 0) is 9.59 Å². The van der Waals surface area contributed by atoms with Gasteiger partial charge in [-0.1, -0.05) is 48.5 Å². The van der Waals surface area contributed by atoms with Crippen LogP contribution in [0.25, 0.3) is 55.0 Å². The Labute approximate surface area is 319 Å². The van der Waals surface area contributed by atoms with E-state index in [1.165, 1.54) is 14.1 Å². The number of aromatic nitrogens is 2. The molecule has 6 heterocycles. The van der Waals surface area contributed by atoms with Crippen LogP contribution in [0.4, 0.5) is 11.4 Å². The molecule has 276 valence electrons. The molecule has 0 aliphatic carbocycles. The van der Waals surface area contributed by atoms with Crippen LogP contribution in [0, 0.1) is 0 Å². The van der Waals surface area contributed by atoms with E-state index < -0.39 is 0 Å². The first kappa shape index (κ1) is 34.5. The van der Waals surface area contributed by atoms with E-state index >= 15 is 0 Å². The number of para-hydroxylation sites is 2. The number of carbonyl (C=O) groups excluding carboxylic acids is 2. The third-order valence-corrected chi connectivity index (χ3v) is 10.2. The first-order valence-corrected chi connectivity index (χ1v) is 17.9. The lowest BCUT2D eigenvalue weighted by Crippen LogP contribution is -2.27. The van der Waals surface area contributed by atoms with Gasteiger partial charge in [0.1, 0.15) is 22.3 Å². The summed E-state index contributed by atoms with van der Waals surface area (Å²) in [6.45, 7) is 0.562. The normalized spacial score (nSPS) is 14.5. The van der Waals surface area contributed by atoms with Gasteiger partial charge in [-0.05, 0) is 71.8 Å². The summed E-state index contributed by atoms with van der Waals surface area (Å²) in [4.78, 5) is 37.8. The number of hydroxylamine groups is 4. The molecule has 2 N–H and O–H groups in total. The number of hydrogen-bond donors (Lipinski definition) is 2. The van der Waals surface area contributed by atoms with Gasteiger partial charge in [0.05, 0.1) is 47.5 Å². The van der Waals surface area contributed by atoms with Crippen molar-refractivity contribution in [2.45, 2.75) is 0 Å². The molecule has 0 bridgehead atoms. The molecule has 12 heteroatoms. The number of pyridine rings is 2. The number of nitrogens with zero attached hydrogens (tertiary/aromatic N) is 6. The Morgan fingerprint density at radius 2 is 1.02 bits per heavy atom. The summed E-state index contributed by atoms with van der Waals surface area (Å²) in [5.74, 6) is -0.328. The van der Waals surface area contributed by atoms with Crippen molar-refractivity contribution in [3.8, 4) is 0 Å². The van der Waals surface area contributed by atoms with E-state index in [0.29, 0.717) is 28.2 Å². The van der Waals surface area contributed by atoms with E-state index in [1.807, 2.05) is 91.0 Å². The number of anilines is 2. The fourth-order valence-electron chi connectivity index (χ4n) is 7.44. The smallest absolute Gasteiger partial charge is 0.261 e. The molecular formula is C44H34N6O6. The second kappa shape index (κ2) is 13.9. The first-order valence-electron chi connectivity index (χ1n) is 17.9. The van der Waals surface area contributed by atoms with Crippen LogP contribution in [0.1, 0.15) is 11.1 Å². The fraction of sp³-hybridized carbons (Fsp3) is 0.0909. The van der Waals surface area contributed by atoms with E-state index in [4.69, 9.17) is 8.83 Å². The van der Waals surface area contributed by atoms with Gasteiger partial charge in [-0.2, -0.15) is 0 Å². The second-order valence-electron chi connectivity index (χ2n) is 13.5. The third kappa shape index (κ3) is 5.89. The van der Waals surface area contributed by atoms with E-state index in [2.05, 4.69) is 9.97 Å². The Bertz CT molecular complexity index is 2680. The largest absolute Gasteiger partial charge is 0.456 e. The highest BCUT2D eigenvalue weighted by molar-refractivity contribution is 6.31. The molecule has 56 heavy (non-hydrogen) atoms. The quantitative estimate of drug-likeness (QED) is 0.161. The van der Waals surface area contributed by atoms with Crippen molar-refractivity contribution < 1.29 is 28.8 Å². The predicted octanol–water partition coefficient (Wildman–Crippen LogP) is 8.12. The molecule has 0 saturated heterocycles. The lowest BCUT2D eigenvalue weighted by Gasteiger charge is -2.17. The number of furan rings is 2. The molecule has 0 radical (unpaired) electrons. The molecule has 2 aliphatic heterocycles. The van der Waals surface area contributed by atoms with Gasteiger partial charge in [0, 0.05) is 59.9 Å². The van der Waals surface area contributed by atoms with Crippen LogP contribution in [0.2, 0.25) is 0 Å². The van der Waals surface area contributed by atoms with Crippen LogP contribution in [-0.4, -0.2) is 69.5 Å². The number of amides is 2. The number of fused-ring (bicyclic) bond motifs is 6.